The minimum Gasteiger partial charge on any atom is -0.457 e. The maximum absolute atomic E-state index is 12.5. The summed E-state index contributed by atoms with van der Waals surface area (Å²) in [7, 11) is 0. The van der Waals surface area contributed by atoms with E-state index in [9.17, 15) is 4.79 Å². The lowest BCUT2D eigenvalue weighted by Crippen LogP contribution is -2.44. The van der Waals surface area contributed by atoms with Crippen LogP contribution in [0.3, 0.4) is 0 Å². The number of carbonyl (C=O) groups excluding carboxylic acids is 1. The number of para-hydroxylation sites is 1. The minimum absolute atomic E-state index is 0.0407. The third-order valence-electron chi connectivity index (χ3n) is 5.07. The molecule has 0 aliphatic carbocycles. The zero-order chi connectivity index (χ0) is 21.7. The van der Waals surface area contributed by atoms with E-state index in [2.05, 4.69) is 31.1 Å². The second-order valence-corrected chi connectivity index (χ2v) is 9.06. The lowest BCUT2D eigenvalue weighted by molar-refractivity contribution is -0.124. The van der Waals surface area contributed by atoms with Gasteiger partial charge in [0.05, 0.1) is 11.6 Å². The van der Waals surface area contributed by atoms with Crippen LogP contribution in [0.15, 0.2) is 53.5 Å². The molecule has 0 bridgehead atoms. The second kappa shape index (κ2) is 9.20. The molecular formula is C24H32N4O2. The van der Waals surface area contributed by atoms with Gasteiger partial charge < -0.3 is 20.7 Å². The Labute approximate surface area is 179 Å². The summed E-state index contributed by atoms with van der Waals surface area (Å²) in [5.41, 5.74) is 8.24. The number of rotatable bonds is 7. The van der Waals surface area contributed by atoms with E-state index in [1.807, 2.05) is 60.4 Å². The number of aliphatic imine (C=N–C) groups is 1. The third-order valence-corrected chi connectivity index (χ3v) is 5.07. The summed E-state index contributed by atoms with van der Waals surface area (Å²) in [4.78, 5) is 18.9. The molecule has 6 heteroatoms. The zero-order valence-corrected chi connectivity index (χ0v) is 18.3. The van der Waals surface area contributed by atoms with Gasteiger partial charge in [0.1, 0.15) is 11.5 Å². The van der Waals surface area contributed by atoms with Crippen LogP contribution in [0.5, 0.6) is 11.5 Å². The van der Waals surface area contributed by atoms with E-state index < -0.39 is 0 Å². The molecule has 3 N–H and O–H groups in total. The average molecular weight is 409 g/mol. The van der Waals surface area contributed by atoms with Gasteiger partial charge in [0.2, 0.25) is 5.91 Å². The second-order valence-electron chi connectivity index (χ2n) is 9.06. The largest absolute Gasteiger partial charge is 0.457 e. The highest BCUT2D eigenvalue weighted by Gasteiger charge is 2.23. The van der Waals surface area contributed by atoms with Gasteiger partial charge in [-0.05, 0) is 42.2 Å². The van der Waals surface area contributed by atoms with Crippen molar-refractivity contribution in [2.24, 2.45) is 22.1 Å². The van der Waals surface area contributed by atoms with Crippen molar-refractivity contribution in [2.45, 2.75) is 40.7 Å². The SMILES string of the molecule is C[C@H](CN1Cc2cc(Oc3ccccc3)ccc2N=C1N)C(=O)NCCC(C)(C)C. The first kappa shape index (κ1) is 21.7. The van der Waals surface area contributed by atoms with E-state index in [1.54, 1.807) is 0 Å². The number of hydrogen-bond acceptors (Lipinski definition) is 5. The van der Waals surface area contributed by atoms with Gasteiger partial charge in [-0.15, -0.1) is 0 Å². The fourth-order valence-corrected chi connectivity index (χ4v) is 3.27. The fraction of sp³-hybridized carbons (Fsp3) is 0.417. The molecular weight excluding hydrogens is 376 g/mol. The van der Waals surface area contributed by atoms with Crippen molar-refractivity contribution in [1.82, 2.24) is 10.2 Å². The molecule has 1 atom stereocenters. The molecule has 0 saturated carbocycles. The summed E-state index contributed by atoms with van der Waals surface area (Å²) in [6.07, 6.45) is 0.941. The van der Waals surface area contributed by atoms with E-state index >= 15 is 0 Å². The van der Waals surface area contributed by atoms with Crippen molar-refractivity contribution in [3.63, 3.8) is 0 Å². The van der Waals surface area contributed by atoms with Gasteiger partial charge in [0, 0.05) is 25.2 Å². The molecule has 1 aliphatic heterocycles. The summed E-state index contributed by atoms with van der Waals surface area (Å²) in [5.74, 6) is 1.83. The Kier molecular flexibility index (Phi) is 6.65. The number of nitrogens with zero attached hydrogens (tertiary/aromatic N) is 2. The lowest BCUT2D eigenvalue weighted by atomic mass is 9.92. The molecule has 6 nitrogen and oxygen atoms in total. The molecule has 2 aromatic rings. The summed E-state index contributed by atoms with van der Waals surface area (Å²) in [6.45, 7) is 10.2. The standard InChI is InChI=1S/C24H32N4O2/c1-17(22(29)26-13-12-24(2,3)4)15-28-16-18-14-20(10-11-21(18)27-23(28)25)30-19-8-6-5-7-9-19/h5-11,14,17H,12-13,15-16H2,1-4H3,(H2,25,27)(H,26,29)/t17-/m1/s1. The molecule has 3 rings (SSSR count). The number of carbonyl (C=O) groups is 1. The predicted molar refractivity (Wildman–Crippen MR) is 121 cm³/mol. The van der Waals surface area contributed by atoms with Gasteiger partial charge in [-0.2, -0.15) is 0 Å². The van der Waals surface area contributed by atoms with E-state index in [-0.39, 0.29) is 17.2 Å². The van der Waals surface area contributed by atoms with Gasteiger partial charge in [-0.3, -0.25) is 4.79 Å². The Balaban J connectivity index is 1.61. The van der Waals surface area contributed by atoms with Crippen molar-refractivity contribution >= 4 is 17.6 Å². The van der Waals surface area contributed by atoms with Crippen molar-refractivity contribution in [3.05, 3.63) is 54.1 Å². The average Bonchev–Trinajstić information content (AvgIpc) is 2.68. The number of nitrogens with two attached hydrogens (primary N) is 1. The molecule has 0 radical (unpaired) electrons. The van der Waals surface area contributed by atoms with Crippen LogP contribution in [-0.4, -0.2) is 29.9 Å². The molecule has 30 heavy (non-hydrogen) atoms. The molecule has 0 aromatic heterocycles. The molecule has 1 heterocycles. The van der Waals surface area contributed by atoms with Gasteiger partial charge >= 0.3 is 0 Å². The van der Waals surface area contributed by atoms with Crippen LogP contribution in [-0.2, 0) is 11.3 Å². The molecule has 1 aliphatic rings. The van der Waals surface area contributed by atoms with Crippen LogP contribution in [0.25, 0.3) is 0 Å². The van der Waals surface area contributed by atoms with Crippen LogP contribution in [0.1, 0.15) is 39.7 Å². The number of ether oxygens (including phenoxy) is 1. The van der Waals surface area contributed by atoms with Crippen LogP contribution in [0.2, 0.25) is 0 Å². The van der Waals surface area contributed by atoms with Gasteiger partial charge in [-0.25, -0.2) is 4.99 Å². The number of hydrogen-bond donors (Lipinski definition) is 2. The quantitative estimate of drug-likeness (QED) is 0.710. The fourth-order valence-electron chi connectivity index (χ4n) is 3.27. The molecule has 2 aromatic carbocycles. The minimum atomic E-state index is -0.191. The van der Waals surface area contributed by atoms with Crippen molar-refractivity contribution in [3.8, 4) is 11.5 Å². The topological polar surface area (TPSA) is 79.9 Å². The van der Waals surface area contributed by atoms with Gasteiger partial charge in [0.25, 0.3) is 0 Å². The maximum Gasteiger partial charge on any atom is 0.224 e. The molecule has 0 unspecified atom stereocenters. The highest BCUT2D eigenvalue weighted by Crippen LogP contribution is 2.31. The summed E-state index contributed by atoms with van der Waals surface area (Å²) in [5, 5.41) is 3.03. The summed E-state index contributed by atoms with van der Waals surface area (Å²) < 4.78 is 5.94. The Morgan fingerprint density at radius 3 is 2.63 bits per heavy atom. The van der Waals surface area contributed by atoms with Gasteiger partial charge in [-0.1, -0.05) is 45.9 Å². The summed E-state index contributed by atoms with van der Waals surface area (Å²) in [6, 6.07) is 15.5. The predicted octanol–water partition coefficient (Wildman–Crippen LogP) is 4.43. The number of fused-ring (bicyclic) bond motifs is 1. The van der Waals surface area contributed by atoms with E-state index in [4.69, 9.17) is 10.5 Å². The first-order valence-corrected chi connectivity index (χ1v) is 10.4. The van der Waals surface area contributed by atoms with Crippen LogP contribution in [0, 0.1) is 11.3 Å². The van der Waals surface area contributed by atoms with E-state index in [0.717, 1.165) is 29.2 Å². The monoisotopic (exact) mass is 408 g/mol. The number of amides is 1. The smallest absolute Gasteiger partial charge is 0.224 e. The highest BCUT2D eigenvalue weighted by molar-refractivity contribution is 5.85. The Morgan fingerprint density at radius 1 is 1.20 bits per heavy atom. The Bertz CT molecular complexity index is 903. The number of benzene rings is 2. The first-order valence-electron chi connectivity index (χ1n) is 10.4. The van der Waals surface area contributed by atoms with Crippen LogP contribution >= 0.6 is 0 Å². The first-order chi connectivity index (χ1) is 14.2. The highest BCUT2D eigenvalue weighted by atomic mass is 16.5. The Morgan fingerprint density at radius 2 is 1.93 bits per heavy atom. The summed E-state index contributed by atoms with van der Waals surface area (Å²) >= 11 is 0. The zero-order valence-electron chi connectivity index (χ0n) is 18.3. The van der Waals surface area contributed by atoms with Gasteiger partial charge in [0.15, 0.2) is 5.96 Å². The van der Waals surface area contributed by atoms with E-state index in [1.165, 1.54) is 0 Å². The van der Waals surface area contributed by atoms with Crippen LogP contribution in [0.4, 0.5) is 5.69 Å². The van der Waals surface area contributed by atoms with Crippen molar-refractivity contribution in [1.29, 1.82) is 0 Å². The van der Waals surface area contributed by atoms with Crippen LogP contribution < -0.4 is 15.8 Å². The molecule has 0 spiro atoms. The molecule has 1 amide bonds. The maximum atomic E-state index is 12.5. The van der Waals surface area contributed by atoms with E-state index in [0.29, 0.717) is 25.6 Å². The molecule has 0 fully saturated rings. The normalized spacial score (nSPS) is 14.5. The molecule has 0 saturated heterocycles. The molecule has 160 valence electrons. The number of guanidine groups is 1. The Hall–Kier alpha value is -3.02. The lowest BCUT2D eigenvalue weighted by Gasteiger charge is -2.30. The third kappa shape index (κ3) is 5.99. The van der Waals surface area contributed by atoms with Crippen molar-refractivity contribution in [2.75, 3.05) is 13.1 Å². The van der Waals surface area contributed by atoms with Crippen molar-refractivity contribution < 1.29 is 9.53 Å². The number of nitrogens with one attached hydrogen (secondary N) is 1.